The van der Waals surface area contributed by atoms with Crippen LogP contribution in [0.5, 0.6) is 0 Å². The normalized spacial score (nSPS) is 16.1. The lowest BCUT2D eigenvalue weighted by Gasteiger charge is -2.35. The first-order chi connectivity index (χ1) is 11.3. The predicted molar refractivity (Wildman–Crippen MR) is 95.2 cm³/mol. The van der Waals surface area contributed by atoms with Crippen LogP contribution in [-0.2, 0) is 6.54 Å². The van der Waals surface area contributed by atoms with Gasteiger partial charge in [-0.25, -0.2) is 0 Å². The first-order valence-electron chi connectivity index (χ1n) is 7.98. The van der Waals surface area contributed by atoms with Gasteiger partial charge in [0.25, 0.3) is 0 Å². The maximum atomic E-state index is 6.09. The Morgan fingerprint density at radius 1 is 0.913 bits per heavy atom. The van der Waals surface area contributed by atoms with Crippen LogP contribution in [0.1, 0.15) is 5.76 Å². The minimum Gasteiger partial charge on any atom is -0.460 e. The molecule has 2 heterocycles. The zero-order chi connectivity index (χ0) is 15.6. The van der Waals surface area contributed by atoms with Crippen LogP contribution in [0.15, 0.2) is 59.0 Å². The molecule has 1 fully saturated rings. The minimum absolute atomic E-state index is 0.798. The van der Waals surface area contributed by atoms with Gasteiger partial charge < -0.3 is 9.32 Å². The molecule has 0 saturated carbocycles. The number of benzene rings is 2. The van der Waals surface area contributed by atoms with E-state index in [1.807, 2.05) is 36.4 Å². The van der Waals surface area contributed by atoms with Crippen molar-refractivity contribution in [3.05, 3.63) is 65.4 Å². The van der Waals surface area contributed by atoms with Crippen LogP contribution in [0.3, 0.4) is 0 Å². The van der Waals surface area contributed by atoms with Crippen molar-refractivity contribution in [2.75, 3.05) is 31.1 Å². The molecule has 1 aliphatic rings. The highest BCUT2D eigenvalue weighted by Crippen LogP contribution is 2.23. The summed E-state index contributed by atoms with van der Waals surface area (Å²) in [5.74, 6) is 1.04. The Bertz CT molecular complexity index is 773. The summed E-state index contributed by atoms with van der Waals surface area (Å²) in [7, 11) is 0. The Hall–Kier alpha value is -1.97. The maximum absolute atomic E-state index is 6.09. The van der Waals surface area contributed by atoms with E-state index >= 15 is 0 Å². The van der Waals surface area contributed by atoms with E-state index < -0.39 is 0 Å². The molecule has 1 aromatic heterocycles. The van der Waals surface area contributed by atoms with Crippen LogP contribution < -0.4 is 4.90 Å². The van der Waals surface area contributed by atoms with Gasteiger partial charge in [0, 0.05) is 42.3 Å². The quantitative estimate of drug-likeness (QED) is 0.711. The third-order valence-electron chi connectivity index (χ3n) is 4.40. The standard InChI is InChI=1S/C19H19ClN2O/c20-16-5-3-6-17(13-16)22-10-8-21(9-11-22)14-18-12-15-4-1-2-7-19(15)23-18/h1-7,12-13H,8-11,14H2. The highest BCUT2D eigenvalue weighted by atomic mass is 35.5. The smallest absolute Gasteiger partial charge is 0.134 e. The van der Waals surface area contributed by atoms with Crippen LogP contribution in [0.25, 0.3) is 11.0 Å². The third kappa shape index (κ3) is 3.21. The summed E-state index contributed by atoms with van der Waals surface area (Å²) in [4.78, 5) is 4.83. The zero-order valence-electron chi connectivity index (χ0n) is 12.9. The van der Waals surface area contributed by atoms with Gasteiger partial charge in [-0.2, -0.15) is 0 Å². The zero-order valence-corrected chi connectivity index (χ0v) is 13.7. The fourth-order valence-corrected chi connectivity index (χ4v) is 3.36. The van der Waals surface area contributed by atoms with Gasteiger partial charge >= 0.3 is 0 Å². The molecule has 0 N–H and O–H groups in total. The second-order valence-electron chi connectivity index (χ2n) is 5.99. The average molecular weight is 327 g/mol. The first-order valence-corrected chi connectivity index (χ1v) is 8.36. The number of hydrogen-bond acceptors (Lipinski definition) is 3. The van der Waals surface area contributed by atoms with Gasteiger partial charge in [0.2, 0.25) is 0 Å². The molecular weight excluding hydrogens is 308 g/mol. The van der Waals surface area contributed by atoms with Crippen LogP contribution in [0.2, 0.25) is 5.02 Å². The molecule has 23 heavy (non-hydrogen) atoms. The van der Waals surface area contributed by atoms with E-state index in [1.54, 1.807) is 0 Å². The van der Waals surface area contributed by atoms with Gasteiger partial charge in [-0.15, -0.1) is 0 Å². The van der Waals surface area contributed by atoms with Crippen molar-refractivity contribution < 1.29 is 4.42 Å². The largest absolute Gasteiger partial charge is 0.460 e. The van der Waals surface area contributed by atoms with Crippen molar-refractivity contribution in [3.63, 3.8) is 0 Å². The van der Waals surface area contributed by atoms with Crippen LogP contribution in [-0.4, -0.2) is 31.1 Å². The Kier molecular flexibility index (Phi) is 3.98. The van der Waals surface area contributed by atoms with E-state index in [0.29, 0.717) is 0 Å². The highest BCUT2D eigenvalue weighted by molar-refractivity contribution is 6.30. The van der Waals surface area contributed by atoms with Gasteiger partial charge in [-0.3, -0.25) is 4.90 Å². The van der Waals surface area contributed by atoms with Crippen molar-refractivity contribution in [2.24, 2.45) is 0 Å². The first kappa shape index (κ1) is 14.6. The second kappa shape index (κ2) is 6.26. The lowest BCUT2D eigenvalue weighted by atomic mass is 10.2. The average Bonchev–Trinajstić information content (AvgIpc) is 2.98. The Morgan fingerprint density at radius 3 is 2.52 bits per heavy atom. The van der Waals surface area contributed by atoms with Crippen molar-refractivity contribution in [1.29, 1.82) is 0 Å². The molecule has 0 radical (unpaired) electrons. The fourth-order valence-electron chi connectivity index (χ4n) is 3.17. The Morgan fingerprint density at radius 2 is 1.74 bits per heavy atom. The summed E-state index contributed by atoms with van der Waals surface area (Å²) in [6, 6.07) is 18.4. The highest BCUT2D eigenvalue weighted by Gasteiger charge is 2.18. The second-order valence-corrected chi connectivity index (χ2v) is 6.43. The molecule has 4 heteroatoms. The summed E-state index contributed by atoms with van der Waals surface area (Å²) in [6.45, 7) is 4.96. The lowest BCUT2D eigenvalue weighted by Crippen LogP contribution is -2.45. The number of halogens is 1. The van der Waals surface area contributed by atoms with Crippen molar-refractivity contribution >= 4 is 28.3 Å². The van der Waals surface area contributed by atoms with Crippen molar-refractivity contribution in [2.45, 2.75) is 6.54 Å². The molecule has 0 unspecified atom stereocenters. The van der Waals surface area contributed by atoms with Gasteiger partial charge in [0.05, 0.1) is 6.54 Å². The van der Waals surface area contributed by atoms with E-state index in [2.05, 4.69) is 28.0 Å². The summed E-state index contributed by atoms with van der Waals surface area (Å²) >= 11 is 6.09. The van der Waals surface area contributed by atoms with Crippen molar-refractivity contribution in [3.8, 4) is 0 Å². The van der Waals surface area contributed by atoms with E-state index in [1.165, 1.54) is 11.1 Å². The third-order valence-corrected chi connectivity index (χ3v) is 4.64. The molecule has 0 amide bonds. The molecule has 1 saturated heterocycles. The summed E-state index contributed by atoms with van der Waals surface area (Å²) in [5.41, 5.74) is 2.18. The van der Waals surface area contributed by atoms with Crippen LogP contribution in [0, 0.1) is 0 Å². The molecule has 2 aromatic carbocycles. The minimum atomic E-state index is 0.798. The molecule has 118 valence electrons. The molecular formula is C19H19ClN2O. The van der Waals surface area contributed by atoms with Crippen LogP contribution >= 0.6 is 11.6 Å². The molecule has 0 spiro atoms. The molecule has 0 aliphatic carbocycles. The fraction of sp³-hybridized carbons (Fsp3) is 0.263. The van der Waals surface area contributed by atoms with Gasteiger partial charge in [-0.05, 0) is 30.3 Å². The van der Waals surface area contributed by atoms with E-state index in [-0.39, 0.29) is 0 Å². The number of fused-ring (bicyclic) bond motifs is 1. The number of hydrogen-bond donors (Lipinski definition) is 0. The topological polar surface area (TPSA) is 19.6 Å². The summed E-state index contributed by atoms with van der Waals surface area (Å²) in [6.07, 6.45) is 0. The monoisotopic (exact) mass is 326 g/mol. The molecule has 3 aromatic rings. The van der Waals surface area contributed by atoms with E-state index in [9.17, 15) is 0 Å². The number of rotatable bonds is 3. The maximum Gasteiger partial charge on any atom is 0.134 e. The van der Waals surface area contributed by atoms with Gasteiger partial charge in [-0.1, -0.05) is 35.9 Å². The number of furan rings is 1. The van der Waals surface area contributed by atoms with Crippen molar-refractivity contribution in [1.82, 2.24) is 4.90 Å². The molecule has 1 aliphatic heterocycles. The number of piperazine rings is 1. The molecule has 0 bridgehead atoms. The number of anilines is 1. The molecule has 3 nitrogen and oxygen atoms in total. The SMILES string of the molecule is Clc1cccc(N2CCN(Cc3cc4ccccc4o3)CC2)c1. The number of nitrogens with zero attached hydrogens (tertiary/aromatic N) is 2. The Balaban J connectivity index is 1.39. The van der Waals surface area contributed by atoms with E-state index in [0.717, 1.165) is 49.1 Å². The summed E-state index contributed by atoms with van der Waals surface area (Å²) in [5, 5.41) is 1.98. The van der Waals surface area contributed by atoms with E-state index in [4.69, 9.17) is 16.0 Å². The Labute approximate surface area is 141 Å². The summed E-state index contributed by atoms with van der Waals surface area (Å²) < 4.78 is 5.93. The van der Waals surface area contributed by atoms with Gasteiger partial charge in [0.1, 0.15) is 11.3 Å². The molecule has 0 atom stereocenters. The predicted octanol–water partition coefficient (Wildman–Crippen LogP) is 4.41. The van der Waals surface area contributed by atoms with Gasteiger partial charge in [0.15, 0.2) is 0 Å². The number of para-hydroxylation sites is 1. The van der Waals surface area contributed by atoms with Crippen LogP contribution in [0.4, 0.5) is 5.69 Å². The molecule has 4 rings (SSSR count). The lowest BCUT2D eigenvalue weighted by molar-refractivity contribution is 0.233.